The minimum atomic E-state index is -0.820. The number of hydrogen-bond donors (Lipinski definition) is 3. The second-order valence-corrected chi connectivity index (χ2v) is 8.72. The first-order valence-electron chi connectivity index (χ1n) is 10.1. The van der Waals surface area contributed by atoms with Crippen LogP contribution in [0.15, 0.2) is 30.3 Å². The number of carbonyl (C=O) groups is 3. The van der Waals surface area contributed by atoms with Crippen LogP contribution in [0.1, 0.15) is 31.2 Å². The summed E-state index contributed by atoms with van der Waals surface area (Å²) in [5.41, 5.74) is 0.900. The lowest BCUT2D eigenvalue weighted by molar-refractivity contribution is -0.146. The number of thioether (sulfide) groups is 1. The number of hydrogen-bond acceptors (Lipinski definition) is 6. The number of benzene rings is 1. The number of urea groups is 1. The smallest absolute Gasteiger partial charge is 0.330 e. The summed E-state index contributed by atoms with van der Waals surface area (Å²) in [7, 11) is 0. The Labute approximate surface area is 180 Å². The SMILES string of the molecule is N#CCOC(=O)[C@@H](Cc1ccccc1)NC(=O)CCCC[C@@H]1SC[C@@H]2NC(=O)N[C@@H]21. The fourth-order valence-corrected chi connectivity index (χ4v) is 5.33. The van der Waals surface area contributed by atoms with Crippen molar-refractivity contribution in [3.05, 3.63) is 35.9 Å². The molecule has 0 saturated carbocycles. The van der Waals surface area contributed by atoms with Gasteiger partial charge in [-0.15, -0.1) is 0 Å². The third-order valence-electron chi connectivity index (χ3n) is 5.26. The third-order valence-corrected chi connectivity index (χ3v) is 6.77. The van der Waals surface area contributed by atoms with Gasteiger partial charge in [0.2, 0.25) is 5.91 Å². The van der Waals surface area contributed by atoms with Crippen molar-refractivity contribution in [2.24, 2.45) is 0 Å². The number of esters is 1. The zero-order valence-corrected chi connectivity index (χ0v) is 17.5. The Balaban J connectivity index is 1.42. The predicted octanol–water partition coefficient (Wildman–Crippen LogP) is 1.51. The van der Waals surface area contributed by atoms with Crippen molar-refractivity contribution in [3.8, 4) is 6.07 Å². The van der Waals surface area contributed by atoms with Gasteiger partial charge in [0.05, 0.1) is 12.1 Å². The average Bonchev–Trinajstić information content (AvgIpc) is 3.29. The van der Waals surface area contributed by atoms with Gasteiger partial charge in [0, 0.05) is 23.8 Å². The number of ether oxygens (including phenoxy) is 1. The van der Waals surface area contributed by atoms with Crippen LogP contribution in [-0.2, 0) is 20.7 Å². The number of fused-ring (bicyclic) bond motifs is 1. The van der Waals surface area contributed by atoms with Gasteiger partial charge in [0.15, 0.2) is 6.61 Å². The number of nitriles is 1. The number of rotatable bonds is 10. The molecule has 160 valence electrons. The standard InChI is InChI=1S/C21H26N4O4S/c22-10-11-29-20(27)15(12-14-6-2-1-3-7-14)23-18(26)9-5-4-8-17-19-16(13-30-17)24-21(28)25-19/h1-3,6-7,15-17,19H,4-5,8-9,11-13H2,(H,23,26)(H2,24,25,28)/t15-,16+,17+,19+/m1/s1. The fraction of sp³-hybridized carbons (Fsp3) is 0.524. The van der Waals surface area contributed by atoms with Gasteiger partial charge >= 0.3 is 12.0 Å². The van der Waals surface area contributed by atoms with Gasteiger partial charge in [-0.2, -0.15) is 17.0 Å². The van der Waals surface area contributed by atoms with E-state index in [1.807, 2.05) is 42.1 Å². The normalized spacial score (nSPS) is 22.9. The van der Waals surface area contributed by atoms with Crippen LogP contribution in [0.5, 0.6) is 0 Å². The van der Waals surface area contributed by atoms with Crippen molar-refractivity contribution in [1.29, 1.82) is 5.26 Å². The topological polar surface area (TPSA) is 120 Å². The van der Waals surface area contributed by atoms with Gasteiger partial charge in [0.1, 0.15) is 12.1 Å². The second-order valence-electron chi connectivity index (χ2n) is 7.44. The molecule has 2 saturated heterocycles. The average molecular weight is 431 g/mol. The van der Waals surface area contributed by atoms with Gasteiger partial charge in [-0.1, -0.05) is 36.8 Å². The molecule has 2 heterocycles. The first-order chi connectivity index (χ1) is 14.6. The molecule has 3 N–H and O–H groups in total. The van der Waals surface area contributed by atoms with E-state index in [1.54, 1.807) is 6.07 Å². The summed E-state index contributed by atoms with van der Waals surface area (Å²) < 4.78 is 4.91. The maximum atomic E-state index is 12.4. The zero-order chi connectivity index (χ0) is 21.3. The Morgan fingerprint density at radius 1 is 1.27 bits per heavy atom. The van der Waals surface area contributed by atoms with Crippen molar-refractivity contribution in [1.82, 2.24) is 16.0 Å². The molecule has 0 unspecified atom stereocenters. The Morgan fingerprint density at radius 3 is 2.83 bits per heavy atom. The highest BCUT2D eigenvalue weighted by atomic mass is 32.2. The van der Waals surface area contributed by atoms with Crippen molar-refractivity contribution >= 4 is 29.7 Å². The van der Waals surface area contributed by atoms with Crippen LogP contribution in [0.3, 0.4) is 0 Å². The highest BCUT2D eigenvalue weighted by molar-refractivity contribution is 8.00. The summed E-state index contributed by atoms with van der Waals surface area (Å²) in [5, 5.41) is 17.6. The first-order valence-corrected chi connectivity index (χ1v) is 11.2. The lowest BCUT2D eigenvalue weighted by atomic mass is 10.0. The van der Waals surface area contributed by atoms with Crippen molar-refractivity contribution in [2.75, 3.05) is 12.4 Å². The highest BCUT2D eigenvalue weighted by Gasteiger charge is 2.42. The maximum Gasteiger partial charge on any atom is 0.330 e. The number of nitrogens with zero attached hydrogens (tertiary/aromatic N) is 1. The van der Waals surface area contributed by atoms with Crippen LogP contribution >= 0.6 is 11.8 Å². The maximum absolute atomic E-state index is 12.4. The third kappa shape index (κ3) is 6.13. The van der Waals surface area contributed by atoms with Gasteiger partial charge in [-0.25, -0.2) is 9.59 Å². The molecule has 9 heteroatoms. The molecule has 3 rings (SSSR count). The second kappa shape index (κ2) is 10.9. The van der Waals surface area contributed by atoms with Crippen LogP contribution in [-0.4, -0.2) is 53.6 Å². The number of nitrogens with one attached hydrogen (secondary N) is 3. The largest absolute Gasteiger partial charge is 0.449 e. The molecule has 1 aromatic carbocycles. The Hall–Kier alpha value is -2.73. The molecule has 2 aliphatic rings. The molecule has 0 spiro atoms. The van der Waals surface area contributed by atoms with Crippen LogP contribution < -0.4 is 16.0 Å². The van der Waals surface area contributed by atoms with Crippen molar-refractivity contribution < 1.29 is 19.1 Å². The van der Waals surface area contributed by atoms with Crippen molar-refractivity contribution in [2.45, 2.75) is 55.5 Å². The van der Waals surface area contributed by atoms with Gasteiger partial charge in [0.25, 0.3) is 0 Å². The van der Waals surface area contributed by atoms with E-state index in [0.29, 0.717) is 24.5 Å². The fourth-order valence-electron chi connectivity index (χ4n) is 3.79. The number of unbranched alkanes of at least 4 members (excludes halogenated alkanes) is 1. The lowest BCUT2D eigenvalue weighted by Gasteiger charge is -2.18. The molecule has 0 bridgehead atoms. The summed E-state index contributed by atoms with van der Waals surface area (Å²) in [4.78, 5) is 36.1. The molecular formula is C21H26N4O4S. The van der Waals surface area contributed by atoms with Gasteiger partial charge < -0.3 is 20.7 Å². The Kier molecular flexibility index (Phi) is 7.97. The van der Waals surface area contributed by atoms with E-state index >= 15 is 0 Å². The van der Waals surface area contributed by atoms with Crippen LogP contribution in [0.4, 0.5) is 4.79 Å². The molecule has 3 amide bonds. The molecule has 0 aliphatic carbocycles. The zero-order valence-electron chi connectivity index (χ0n) is 16.6. The molecule has 2 fully saturated rings. The monoisotopic (exact) mass is 430 g/mol. The van der Waals surface area contributed by atoms with Gasteiger partial charge in [-0.3, -0.25) is 4.79 Å². The molecule has 0 aromatic heterocycles. The molecule has 1 aromatic rings. The van der Waals surface area contributed by atoms with E-state index in [0.717, 1.165) is 24.2 Å². The predicted molar refractivity (Wildman–Crippen MR) is 113 cm³/mol. The quantitative estimate of drug-likeness (QED) is 0.294. The van der Waals surface area contributed by atoms with E-state index in [9.17, 15) is 14.4 Å². The Morgan fingerprint density at radius 2 is 2.07 bits per heavy atom. The lowest BCUT2D eigenvalue weighted by Crippen LogP contribution is -2.43. The summed E-state index contributed by atoms with van der Waals surface area (Å²) in [6.07, 6.45) is 3.12. The number of amides is 3. The van der Waals surface area contributed by atoms with E-state index in [-0.39, 0.29) is 30.6 Å². The molecule has 2 aliphatic heterocycles. The van der Waals surface area contributed by atoms with E-state index in [4.69, 9.17) is 10.00 Å². The van der Waals surface area contributed by atoms with E-state index in [2.05, 4.69) is 16.0 Å². The molecule has 30 heavy (non-hydrogen) atoms. The van der Waals surface area contributed by atoms with Gasteiger partial charge in [-0.05, 0) is 18.4 Å². The molecule has 4 atom stereocenters. The molecule has 0 radical (unpaired) electrons. The molecular weight excluding hydrogens is 404 g/mol. The van der Waals surface area contributed by atoms with Crippen LogP contribution in [0.25, 0.3) is 0 Å². The summed E-state index contributed by atoms with van der Waals surface area (Å²) >= 11 is 1.85. The van der Waals surface area contributed by atoms with E-state index < -0.39 is 12.0 Å². The summed E-state index contributed by atoms with van der Waals surface area (Å²) in [6, 6.07) is 10.6. The van der Waals surface area contributed by atoms with Crippen molar-refractivity contribution in [3.63, 3.8) is 0 Å². The minimum absolute atomic E-state index is 0.0950. The first kappa shape index (κ1) is 22.0. The summed E-state index contributed by atoms with van der Waals surface area (Å²) in [5.74, 6) is 0.102. The van der Waals surface area contributed by atoms with E-state index in [1.165, 1.54) is 0 Å². The minimum Gasteiger partial charge on any atom is -0.449 e. The highest BCUT2D eigenvalue weighted by Crippen LogP contribution is 2.33. The van der Waals surface area contributed by atoms with Crippen LogP contribution in [0.2, 0.25) is 0 Å². The number of carbonyl (C=O) groups excluding carboxylic acids is 3. The van der Waals surface area contributed by atoms with Crippen LogP contribution in [0, 0.1) is 11.3 Å². The Bertz CT molecular complexity index is 798. The summed E-state index contributed by atoms with van der Waals surface area (Å²) in [6.45, 7) is -0.341. The molecule has 8 nitrogen and oxygen atoms in total.